The third kappa shape index (κ3) is 3.77. The molecule has 2 unspecified atom stereocenters. The lowest BCUT2D eigenvalue weighted by atomic mass is 10.0. The van der Waals surface area contributed by atoms with Crippen LogP contribution in [0.1, 0.15) is 12.0 Å². The molecule has 2 atom stereocenters. The van der Waals surface area contributed by atoms with Gasteiger partial charge in [-0.1, -0.05) is 0 Å². The predicted octanol–water partition coefficient (Wildman–Crippen LogP) is 2.74. The first-order chi connectivity index (χ1) is 14.1. The van der Waals surface area contributed by atoms with E-state index in [9.17, 15) is 27.8 Å². The van der Waals surface area contributed by atoms with Crippen LogP contribution in [0.25, 0.3) is 16.8 Å². The molecule has 0 bridgehead atoms. The standard InChI is InChI=1S/C19H19F4N5O2/c1-27-8-11(7-12(29)9-27)24-18-26-25-16(17-14(20)4-5-28(17)18)13-3-2-10(6-15(13)30)19(21,22)23/h2-6,11-12,29-30H,7-9H2,1H3,(H,24,26). The Morgan fingerprint density at radius 3 is 2.60 bits per heavy atom. The van der Waals surface area contributed by atoms with Crippen molar-refractivity contribution in [2.75, 3.05) is 25.5 Å². The minimum atomic E-state index is -4.62. The fourth-order valence-corrected chi connectivity index (χ4v) is 3.77. The molecule has 1 aliphatic rings. The smallest absolute Gasteiger partial charge is 0.416 e. The molecule has 0 spiro atoms. The number of fused-ring (bicyclic) bond motifs is 1. The maximum absolute atomic E-state index is 14.5. The summed E-state index contributed by atoms with van der Waals surface area (Å²) in [6, 6.07) is 3.41. The highest BCUT2D eigenvalue weighted by molar-refractivity contribution is 5.81. The maximum Gasteiger partial charge on any atom is 0.416 e. The van der Waals surface area contributed by atoms with Crippen LogP contribution >= 0.6 is 0 Å². The van der Waals surface area contributed by atoms with Gasteiger partial charge < -0.3 is 20.4 Å². The number of anilines is 1. The summed E-state index contributed by atoms with van der Waals surface area (Å²) in [4.78, 5) is 1.95. The molecule has 3 N–H and O–H groups in total. The van der Waals surface area contributed by atoms with Gasteiger partial charge in [-0.25, -0.2) is 4.39 Å². The van der Waals surface area contributed by atoms with Crippen LogP contribution < -0.4 is 5.32 Å². The molecule has 1 aromatic carbocycles. The lowest BCUT2D eigenvalue weighted by Crippen LogP contribution is -2.47. The highest BCUT2D eigenvalue weighted by atomic mass is 19.4. The van der Waals surface area contributed by atoms with Crippen molar-refractivity contribution < 1.29 is 27.8 Å². The van der Waals surface area contributed by atoms with Crippen LogP contribution in [-0.4, -0.2) is 62.0 Å². The fourth-order valence-electron chi connectivity index (χ4n) is 3.77. The summed E-state index contributed by atoms with van der Waals surface area (Å²) in [6.07, 6.45) is -3.26. The highest BCUT2D eigenvalue weighted by Crippen LogP contribution is 2.37. The van der Waals surface area contributed by atoms with Crippen molar-refractivity contribution in [3.63, 3.8) is 0 Å². The van der Waals surface area contributed by atoms with E-state index >= 15 is 0 Å². The van der Waals surface area contributed by atoms with Crippen LogP contribution in [0.3, 0.4) is 0 Å². The number of aromatic hydroxyl groups is 1. The van der Waals surface area contributed by atoms with Gasteiger partial charge in [0.1, 0.15) is 17.0 Å². The molecule has 11 heteroatoms. The van der Waals surface area contributed by atoms with Crippen molar-refractivity contribution in [1.29, 1.82) is 0 Å². The minimum Gasteiger partial charge on any atom is -0.507 e. The van der Waals surface area contributed by atoms with E-state index in [1.807, 2.05) is 11.9 Å². The molecule has 2 aromatic heterocycles. The second-order valence-corrected chi connectivity index (χ2v) is 7.44. The number of aliphatic hydroxyl groups excluding tert-OH is 1. The van der Waals surface area contributed by atoms with E-state index < -0.39 is 29.4 Å². The zero-order valence-electron chi connectivity index (χ0n) is 15.9. The first-order valence-electron chi connectivity index (χ1n) is 9.20. The van der Waals surface area contributed by atoms with Crippen molar-refractivity contribution in [3.8, 4) is 17.0 Å². The van der Waals surface area contributed by atoms with Crippen LogP contribution in [0.15, 0.2) is 30.5 Å². The Labute approximate surface area is 168 Å². The number of phenols is 1. The third-order valence-corrected chi connectivity index (χ3v) is 5.06. The molecule has 3 heterocycles. The molecule has 0 radical (unpaired) electrons. The monoisotopic (exact) mass is 425 g/mol. The molecule has 1 aliphatic heterocycles. The molecule has 1 saturated heterocycles. The number of phenolic OH excluding ortho intramolecular Hbond substituents is 1. The van der Waals surface area contributed by atoms with Crippen molar-refractivity contribution in [3.05, 3.63) is 41.8 Å². The van der Waals surface area contributed by atoms with E-state index in [1.165, 1.54) is 16.7 Å². The molecule has 4 rings (SSSR count). The summed E-state index contributed by atoms with van der Waals surface area (Å²) in [5.41, 5.74) is -1.22. The summed E-state index contributed by atoms with van der Waals surface area (Å²) in [5.74, 6) is -1.13. The van der Waals surface area contributed by atoms with Crippen molar-refractivity contribution in [2.45, 2.75) is 24.7 Å². The van der Waals surface area contributed by atoms with Gasteiger partial charge in [0, 0.05) is 30.9 Å². The predicted molar refractivity (Wildman–Crippen MR) is 101 cm³/mol. The highest BCUT2D eigenvalue weighted by Gasteiger charge is 2.32. The molecule has 3 aromatic rings. The first kappa shape index (κ1) is 20.4. The van der Waals surface area contributed by atoms with E-state index in [2.05, 4.69) is 15.5 Å². The Balaban J connectivity index is 1.74. The maximum atomic E-state index is 14.5. The van der Waals surface area contributed by atoms with E-state index in [4.69, 9.17) is 0 Å². The minimum absolute atomic E-state index is 0.0349. The zero-order chi connectivity index (χ0) is 21.6. The van der Waals surface area contributed by atoms with Crippen LogP contribution in [0.5, 0.6) is 5.75 Å². The molecule has 160 valence electrons. The quantitative estimate of drug-likeness (QED) is 0.560. The zero-order valence-corrected chi connectivity index (χ0v) is 15.9. The number of aromatic nitrogens is 3. The largest absolute Gasteiger partial charge is 0.507 e. The molecule has 30 heavy (non-hydrogen) atoms. The van der Waals surface area contributed by atoms with Gasteiger partial charge in [-0.15, -0.1) is 10.2 Å². The molecule has 7 nitrogen and oxygen atoms in total. The van der Waals surface area contributed by atoms with Gasteiger partial charge in [-0.2, -0.15) is 13.2 Å². The molecular formula is C19H19F4N5O2. The lowest BCUT2D eigenvalue weighted by molar-refractivity contribution is -0.137. The van der Waals surface area contributed by atoms with Crippen LogP contribution in [0.2, 0.25) is 0 Å². The Bertz CT molecular complexity index is 1070. The van der Waals surface area contributed by atoms with Gasteiger partial charge in [-0.3, -0.25) is 4.40 Å². The lowest BCUT2D eigenvalue weighted by Gasteiger charge is -2.33. The second-order valence-electron chi connectivity index (χ2n) is 7.44. The number of likely N-dealkylation sites (N-methyl/N-ethyl adjacent to an activating group) is 1. The Hall–Kier alpha value is -2.92. The van der Waals surface area contributed by atoms with Gasteiger partial charge in [-0.05, 0) is 37.7 Å². The number of benzene rings is 1. The van der Waals surface area contributed by atoms with Crippen LogP contribution in [0, 0.1) is 5.82 Å². The molecular weight excluding hydrogens is 406 g/mol. The van der Waals surface area contributed by atoms with Crippen molar-refractivity contribution >= 4 is 11.5 Å². The average molecular weight is 425 g/mol. The van der Waals surface area contributed by atoms with Crippen molar-refractivity contribution in [2.24, 2.45) is 0 Å². The number of nitrogens with one attached hydrogen (secondary N) is 1. The summed E-state index contributed by atoms with van der Waals surface area (Å²) < 4.78 is 54.5. The number of aliphatic hydroxyl groups is 1. The van der Waals surface area contributed by atoms with E-state index in [1.54, 1.807) is 0 Å². The normalized spacial score (nSPS) is 20.6. The molecule has 1 fully saturated rings. The number of hydrogen-bond donors (Lipinski definition) is 3. The Morgan fingerprint density at radius 1 is 1.17 bits per heavy atom. The molecule has 0 amide bonds. The van der Waals surface area contributed by atoms with Gasteiger partial charge in [0.15, 0.2) is 5.82 Å². The fraction of sp³-hybridized carbons (Fsp3) is 0.368. The van der Waals surface area contributed by atoms with Crippen LogP contribution in [-0.2, 0) is 6.18 Å². The van der Waals surface area contributed by atoms with E-state index in [-0.39, 0.29) is 28.8 Å². The molecule has 0 saturated carbocycles. The SMILES string of the molecule is CN1CC(O)CC(Nc2nnc(-c3ccc(C(F)(F)F)cc3O)c3c(F)ccn23)C1. The van der Waals surface area contributed by atoms with Crippen molar-refractivity contribution in [1.82, 2.24) is 19.5 Å². The molecule has 0 aliphatic carbocycles. The summed E-state index contributed by atoms with van der Waals surface area (Å²) in [6.45, 7) is 1.18. The van der Waals surface area contributed by atoms with Crippen LogP contribution in [0.4, 0.5) is 23.5 Å². The van der Waals surface area contributed by atoms with Gasteiger partial charge >= 0.3 is 6.18 Å². The van der Waals surface area contributed by atoms with E-state index in [0.29, 0.717) is 25.6 Å². The van der Waals surface area contributed by atoms with Gasteiger partial charge in [0.05, 0.1) is 11.7 Å². The second kappa shape index (κ2) is 7.40. The summed E-state index contributed by atoms with van der Waals surface area (Å²) in [5, 5.41) is 31.3. The number of nitrogens with zero attached hydrogens (tertiary/aromatic N) is 4. The number of rotatable bonds is 3. The number of hydrogen-bond acceptors (Lipinski definition) is 6. The third-order valence-electron chi connectivity index (χ3n) is 5.06. The van der Waals surface area contributed by atoms with Gasteiger partial charge in [0.25, 0.3) is 0 Å². The topological polar surface area (TPSA) is 85.9 Å². The first-order valence-corrected chi connectivity index (χ1v) is 9.20. The van der Waals surface area contributed by atoms with Gasteiger partial charge in [0.2, 0.25) is 5.95 Å². The summed E-state index contributed by atoms with van der Waals surface area (Å²) >= 11 is 0. The number of piperidine rings is 1. The Kier molecular flexibility index (Phi) is 5.02. The number of β-amino-alcohol motifs (C(OH)–C–C–N with tert-alkyl or cyclic N) is 1. The number of alkyl halides is 3. The number of halogens is 4. The average Bonchev–Trinajstić information content (AvgIpc) is 3.03. The van der Waals surface area contributed by atoms with E-state index in [0.717, 1.165) is 12.1 Å². The number of likely N-dealkylation sites (tertiary alicyclic amines) is 1. The summed E-state index contributed by atoms with van der Waals surface area (Å²) in [7, 11) is 1.87. The Morgan fingerprint density at radius 2 is 1.93 bits per heavy atom.